The number of hydrogen-bond acceptors (Lipinski definition) is 10. The molecule has 3 amide bonds. The lowest BCUT2D eigenvalue weighted by Crippen LogP contribution is -2.58. The largest absolute Gasteiger partial charge is 0.506 e. The standard InChI is InChI=1S/C44H65N5O7.C2HF3O2/c1-3-8-33(2)43(53)48-25-28-56-44(32-48)18-22-47(23-19-44)30-35-10-7-9-34(29-35)16-26-54-27-17-40(52)49(37-11-5-4-6-12-37)24-21-45-20-15-36-13-14-38(50)41-42(36)55-31-39(51)46-41;3-2(4,5)1(6)7/h7,9-10,13-14,29,33,37,45,50H,3-6,8,11-12,15-28,30-32H2,1-2H3,(H,46,51);(H,6,7). The van der Waals surface area contributed by atoms with Gasteiger partial charge in [0, 0.05) is 57.8 Å². The highest BCUT2D eigenvalue weighted by atomic mass is 19.4. The third-order valence-electron chi connectivity index (χ3n) is 12.4. The van der Waals surface area contributed by atoms with Crippen molar-refractivity contribution in [2.24, 2.45) is 5.92 Å². The van der Waals surface area contributed by atoms with Crippen LogP contribution in [0.15, 0.2) is 36.4 Å². The van der Waals surface area contributed by atoms with Crippen molar-refractivity contribution in [2.75, 3.05) is 77.6 Å². The molecule has 1 spiro atoms. The summed E-state index contributed by atoms with van der Waals surface area (Å²) < 4.78 is 49.7. The van der Waals surface area contributed by atoms with E-state index in [0.29, 0.717) is 70.3 Å². The summed E-state index contributed by atoms with van der Waals surface area (Å²) in [5.41, 5.74) is 3.58. The molecule has 1 aliphatic carbocycles. The average Bonchev–Trinajstić information content (AvgIpc) is 3.26. The second-order valence-corrected chi connectivity index (χ2v) is 17.2. The number of nitrogens with one attached hydrogen (secondary N) is 2. The van der Waals surface area contributed by atoms with Crippen molar-refractivity contribution in [2.45, 2.75) is 115 Å². The number of rotatable bonds is 18. The molecule has 4 aliphatic rings. The van der Waals surface area contributed by atoms with Crippen LogP contribution in [0.25, 0.3) is 0 Å². The van der Waals surface area contributed by atoms with Crippen LogP contribution in [-0.4, -0.2) is 139 Å². The second-order valence-electron chi connectivity index (χ2n) is 17.2. The number of aliphatic carboxylic acids is 1. The fraction of sp³-hybridized carbons (Fsp3) is 0.652. The van der Waals surface area contributed by atoms with Crippen molar-refractivity contribution in [1.29, 1.82) is 0 Å². The van der Waals surface area contributed by atoms with Crippen molar-refractivity contribution < 1.29 is 56.8 Å². The molecular formula is C46H66F3N5O9. The number of piperidine rings is 1. The molecule has 63 heavy (non-hydrogen) atoms. The maximum absolute atomic E-state index is 13.5. The summed E-state index contributed by atoms with van der Waals surface area (Å²) >= 11 is 0. The number of morpholine rings is 1. The Morgan fingerprint density at radius 1 is 1.03 bits per heavy atom. The van der Waals surface area contributed by atoms with Gasteiger partial charge in [-0.1, -0.05) is 69.9 Å². The molecule has 3 fully saturated rings. The molecule has 0 bridgehead atoms. The number of hydrogen-bond donors (Lipinski definition) is 4. The Hall–Kier alpha value is -4.45. The predicted octanol–water partition coefficient (Wildman–Crippen LogP) is 5.93. The van der Waals surface area contributed by atoms with E-state index in [9.17, 15) is 32.7 Å². The quantitative estimate of drug-likeness (QED) is 0.103. The van der Waals surface area contributed by atoms with Crippen LogP contribution < -0.4 is 15.4 Å². The summed E-state index contributed by atoms with van der Waals surface area (Å²) in [5, 5.41) is 23.5. The highest BCUT2D eigenvalue weighted by Gasteiger charge is 2.41. The van der Waals surface area contributed by atoms with E-state index >= 15 is 0 Å². The van der Waals surface area contributed by atoms with Gasteiger partial charge in [0.05, 0.1) is 31.8 Å². The first kappa shape index (κ1) is 49.6. The number of nitrogens with zero attached hydrogens (tertiary/aromatic N) is 3. The Bertz CT molecular complexity index is 1820. The van der Waals surface area contributed by atoms with Crippen LogP contribution in [-0.2, 0) is 48.0 Å². The molecule has 2 aromatic carbocycles. The summed E-state index contributed by atoms with van der Waals surface area (Å²) in [7, 11) is 0. The number of benzene rings is 2. The van der Waals surface area contributed by atoms with E-state index in [4.69, 9.17) is 24.1 Å². The number of anilines is 1. The van der Waals surface area contributed by atoms with Gasteiger partial charge in [0.2, 0.25) is 11.8 Å². The van der Waals surface area contributed by atoms with Gasteiger partial charge in [-0.3, -0.25) is 19.3 Å². The number of carbonyl (C=O) groups excluding carboxylic acids is 3. The number of fused-ring (bicyclic) bond motifs is 1. The van der Waals surface area contributed by atoms with Gasteiger partial charge in [-0.25, -0.2) is 4.79 Å². The molecule has 2 aromatic rings. The molecule has 1 unspecified atom stereocenters. The minimum atomic E-state index is -5.08. The third kappa shape index (κ3) is 15.1. The van der Waals surface area contributed by atoms with Gasteiger partial charge in [-0.2, -0.15) is 13.2 Å². The minimum absolute atomic E-state index is 0.00176. The van der Waals surface area contributed by atoms with Crippen LogP contribution in [0.2, 0.25) is 0 Å². The molecule has 14 nitrogen and oxygen atoms in total. The van der Waals surface area contributed by atoms with Gasteiger partial charge < -0.3 is 44.9 Å². The molecule has 0 radical (unpaired) electrons. The summed E-state index contributed by atoms with van der Waals surface area (Å²) in [6.07, 6.45) is 6.28. The van der Waals surface area contributed by atoms with Crippen LogP contribution >= 0.6 is 0 Å². The Morgan fingerprint density at radius 2 is 1.76 bits per heavy atom. The first-order valence-electron chi connectivity index (χ1n) is 22.6. The van der Waals surface area contributed by atoms with Crippen molar-refractivity contribution in [1.82, 2.24) is 20.0 Å². The molecule has 2 saturated heterocycles. The number of likely N-dealkylation sites (tertiary alicyclic amines) is 1. The zero-order valence-corrected chi connectivity index (χ0v) is 36.8. The molecule has 1 saturated carbocycles. The van der Waals surface area contributed by atoms with Gasteiger partial charge in [0.15, 0.2) is 12.4 Å². The van der Waals surface area contributed by atoms with Gasteiger partial charge in [0.25, 0.3) is 5.91 Å². The summed E-state index contributed by atoms with van der Waals surface area (Å²) in [5.74, 6) is -1.99. The first-order valence-corrected chi connectivity index (χ1v) is 22.6. The average molecular weight is 890 g/mol. The monoisotopic (exact) mass is 889 g/mol. The molecule has 4 N–H and O–H groups in total. The Morgan fingerprint density at radius 3 is 2.48 bits per heavy atom. The van der Waals surface area contributed by atoms with Crippen LogP contribution in [0.5, 0.6) is 11.5 Å². The first-order chi connectivity index (χ1) is 30.2. The van der Waals surface area contributed by atoms with E-state index in [1.807, 2.05) is 6.07 Å². The maximum Gasteiger partial charge on any atom is 0.490 e. The lowest BCUT2D eigenvalue weighted by Gasteiger charge is -2.47. The molecular weight excluding hydrogens is 824 g/mol. The number of carboxylic acids is 1. The molecule has 3 heterocycles. The van der Waals surface area contributed by atoms with E-state index in [1.54, 1.807) is 6.07 Å². The smallest absolute Gasteiger partial charge is 0.490 e. The molecule has 3 aliphatic heterocycles. The van der Waals surface area contributed by atoms with E-state index in [2.05, 4.69) is 63.4 Å². The van der Waals surface area contributed by atoms with Gasteiger partial charge in [-0.15, -0.1) is 0 Å². The van der Waals surface area contributed by atoms with Crippen molar-refractivity contribution in [3.8, 4) is 11.5 Å². The van der Waals surface area contributed by atoms with Crippen LogP contribution in [0.3, 0.4) is 0 Å². The number of phenolic OH excluding ortho intramolecular Hbond substituents is 1. The highest BCUT2D eigenvalue weighted by molar-refractivity contribution is 5.97. The van der Waals surface area contributed by atoms with Gasteiger partial charge in [-0.05, 0) is 74.2 Å². The number of halogens is 3. The van der Waals surface area contributed by atoms with Gasteiger partial charge in [0.1, 0.15) is 11.4 Å². The fourth-order valence-electron chi connectivity index (χ4n) is 8.92. The van der Waals surface area contributed by atoms with Gasteiger partial charge >= 0.3 is 12.1 Å². The molecule has 350 valence electrons. The lowest BCUT2D eigenvalue weighted by atomic mass is 9.88. The SMILES string of the molecule is CCCC(C)C(=O)N1CCOC2(CCN(Cc3cccc(CCOCCC(=O)N(CCNCCc4ccc(O)c5c4OCC(=O)N5)C4CCCCC4)c3)CC2)C1.O=C(O)C(F)(F)F. The molecule has 1 atom stereocenters. The van der Waals surface area contributed by atoms with E-state index in [0.717, 1.165) is 89.5 Å². The van der Waals surface area contributed by atoms with Crippen molar-refractivity contribution in [3.63, 3.8) is 0 Å². The summed E-state index contributed by atoms with van der Waals surface area (Å²) in [6.45, 7) is 12.0. The van der Waals surface area contributed by atoms with Crippen molar-refractivity contribution in [3.05, 3.63) is 53.1 Å². The predicted molar refractivity (Wildman–Crippen MR) is 231 cm³/mol. The number of alkyl halides is 3. The number of ether oxygens (including phenoxy) is 3. The summed E-state index contributed by atoms with van der Waals surface area (Å²) in [6, 6.07) is 12.5. The number of carboxylic acid groups (broad SMARTS) is 1. The molecule has 0 aromatic heterocycles. The molecule has 17 heteroatoms. The van der Waals surface area contributed by atoms with Crippen LogP contribution in [0.1, 0.15) is 94.7 Å². The van der Waals surface area contributed by atoms with E-state index in [1.165, 1.54) is 17.5 Å². The lowest BCUT2D eigenvalue weighted by molar-refractivity contribution is -0.192. The Kier molecular flexibility index (Phi) is 18.9. The van der Waals surface area contributed by atoms with E-state index in [-0.39, 0.29) is 47.6 Å². The van der Waals surface area contributed by atoms with Crippen LogP contribution in [0, 0.1) is 5.92 Å². The number of carbonyl (C=O) groups is 4. The Labute approximate surface area is 368 Å². The highest BCUT2D eigenvalue weighted by Crippen LogP contribution is 2.39. The fourth-order valence-corrected chi connectivity index (χ4v) is 8.92. The maximum atomic E-state index is 13.5. The van der Waals surface area contributed by atoms with Crippen LogP contribution in [0.4, 0.5) is 18.9 Å². The van der Waals surface area contributed by atoms with E-state index < -0.39 is 12.1 Å². The number of aromatic hydroxyl groups is 1. The zero-order chi connectivity index (χ0) is 45.4. The number of phenols is 1. The topological polar surface area (TPSA) is 170 Å². The minimum Gasteiger partial charge on any atom is -0.506 e. The zero-order valence-electron chi connectivity index (χ0n) is 36.8. The normalized spacial score (nSPS) is 18.4. The van der Waals surface area contributed by atoms with Crippen molar-refractivity contribution >= 4 is 29.4 Å². The summed E-state index contributed by atoms with van der Waals surface area (Å²) in [4.78, 5) is 53.8. The third-order valence-corrected chi connectivity index (χ3v) is 12.4. The Balaban J connectivity index is 0.000000985. The molecule has 6 rings (SSSR count). The number of amides is 3. The second kappa shape index (κ2) is 24.0.